The lowest BCUT2D eigenvalue weighted by Gasteiger charge is -2.47. The van der Waals surface area contributed by atoms with Crippen molar-refractivity contribution in [2.75, 3.05) is 33.7 Å². The Morgan fingerprint density at radius 1 is 1.33 bits per heavy atom. The van der Waals surface area contributed by atoms with Gasteiger partial charge < -0.3 is 9.47 Å². The van der Waals surface area contributed by atoms with Crippen molar-refractivity contribution in [1.29, 1.82) is 0 Å². The monoisotopic (exact) mass is 344 g/mol. The van der Waals surface area contributed by atoms with E-state index in [0.29, 0.717) is 11.8 Å². The minimum Gasteiger partial charge on any atom is -0.308 e. The van der Waals surface area contributed by atoms with E-state index in [2.05, 4.69) is 44.3 Å². The summed E-state index contributed by atoms with van der Waals surface area (Å²) in [6, 6.07) is 6.05. The van der Waals surface area contributed by atoms with E-state index in [1.54, 1.807) is 6.07 Å². The van der Waals surface area contributed by atoms with Crippen LogP contribution in [0.25, 0.3) is 0 Å². The molecule has 0 saturated carbocycles. The van der Waals surface area contributed by atoms with Gasteiger partial charge in [-0.2, -0.15) is 0 Å². The van der Waals surface area contributed by atoms with Gasteiger partial charge in [0.2, 0.25) is 0 Å². The SMILES string of the molecule is CN(C)C[C@H]1[C@H]2C[C@H](CN(Cc3cnsc3)C2)c2cccc(=O)n21. The van der Waals surface area contributed by atoms with Crippen molar-refractivity contribution in [3.05, 3.63) is 51.4 Å². The molecule has 4 heterocycles. The largest absolute Gasteiger partial charge is 0.308 e. The van der Waals surface area contributed by atoms with Gasteiger partial charge in [-0.1, -0.05) is 6.07 Å². The molecule has 3 atom stereocenters. The first-order valence-corrected chi connectivity index (χ1v) is 9.42. The maximum Gasteiger partial charge on any atom is 0.251 e. The Morgan fingerprint density at radius 2 is 2.21 bits per heavy atom. The van der Waals surface area contributed by atoms with Crippen LogP contribution < -0.4 is 5.56 Å². The lowest BCUT2D eigenvalue weighted by atomic mass is 9.78. The predicted octanol–water partition coefficient (Wildman–Crippen LogP) is 2.03. The zero-order valence-corrected chi connectivity index (χ0v) is 15.1. The second kappa shape index (κ2) is 6.43. The van der Waals surface area contributed by atoms with Crippen molar-refractivity contribution in [2.45, 2.75) is 24.9 Å². The van der Waals surface area contributed by atoms with E-state index in [1.807, 2.05) is 12.3 Å². The van der Waals surface area contributed by atoms with Gasteiger partial charge in [0, 0.05) is 55.4 Å². The molecule has 0 aromatic carbocycles. The highest BCUT2D eigenvalue weighted by Crippen LogP contribution is 2.41. The number of likely N-dealkylation sites (N-methyl/N-ethyl adjacent to an activating group) is 1. The van der Waals surface area contributed by atoms with Gasteiger partial charge in [-0.3, -0.25) is 9.69 Å². The van der Waals surface area contributed by atoms with E-state index in [-0.39, 0.29) is 11.6 Å². The van der Waals surface area contributed by atoms with E-state index >= 15 is 0 Å². The molecule has 24 heavy (non-hydrogen) atoms. The molecule has 0 amide bonds. The molecule has 5 nitrogen and oxygen atoms in total. The molecular formula is C18H24N4OS. The van der Waals surface area contributed by atoms with E-state index in [1.165, 1.54) is 29.2 Å². The molecule has 0 unspecified atom stereocenters. The average Bonchev–Trinajstić information content (AvgIpc) is 3.04. The normalized spacial score (nSPS) is 26.5. The standard InChI is InChI=1S/C18H24N4OS/c1-20(2)11-17-15-6-14(16-4-3-5-18(23)22(16)17)9-21(10-15)8-13-7-19-24-12-13/h3-5,7,12,14-15,17H,6,8-11H2,1-2H3/t14-,15+,17+/m1/s1. The summed E-state index contributed by atoms with van der Waals surface area (Å²) >= 11 is 1.52. The maximum absolute atomic E-state index is 12.5. The Hall–Kier alpha value is -1.50. The Kier molecular flexibility index (Phi) is 4.28. The lowest BCUT2D eigenvalue weighted by molar-refractivity contribution is 0.0744. The topological polar surface area (TPSA) is 41.4 Å². The lowest BCUT2D eigenvalue weighted by Crippen LogP contribution is -2.51. The van der Waals surface area contributed by atoms with Gasteiger partial charge in [-0.25, -0.2) is 4.37 Å². The molecule has 0 spiro atoms. The third-order valence-corrected chi connectivity index (χ3v) is 5.95. The average molecular weight is 344 g/mol. The van der Waals surface area contributed by atoms with Crippen LogP contribution in [-0.2, 0) is 6.54 Å². The Balaban J connectivity index is 1.67. The summed E-state index contributed by atoms with van der Waals surface area (Å²) in [4.78, 5) is 17.3. The highest BCUT2D eigenvalue weighted by atomic mass is 32.1. The van der Waals surface area contributed by atoms with E-state index in [9.17, 15) is 4.79 Å². The first kappa shape index (κ1) is 16.0. The van der Waals surface area contributed by atoms with Gasteiger partial charge in [0.15, 0.2) is 0 Å². The molecule has 0 aliphatic carbocycles. The van der Waals surface area contributed by atoms with Crippen LogP contribution >= 0.6 is 11.5 Å². The number of likely N-dealkylation sites (tertiary alicyclic amines) is 1. The van der Waals surface area contributed by atoms with Crippen LogP contribution in [0.2, 0.25) is 0 Å². The summed E-state index contributed by atoms with van der Waals surface area (Å²) in [5.74, 6) is 0.994. The highest BCUT2D eigenvalue weighted by Gasteiger charge is 2.40. The molecule has 1 fully saturated rings. The van der Waals surface area contributed by atoms with Crippen LogP contribution in [0, 0.1) is 5.92 Å². The fraction of sp³-hybridized carbons (Fsp3) is 0.556. The van der Waals surface area contributed by atoms with Gasteiger partial charge in [-0.05, 0) is 49.6 Å². The quantitative estimate of drug-likeness (QED) is 0.851. The molecule has 2 bridgehead atoms. The minimum absolute atomic E-state index is 0.157. The summed E-state index contributed by atoms with van der Waals surface area (Å²) in [6.07, 6.45) is 3.17. The zero-order chi connectivity index (χ0) is 16.7. The third-order valence-electron chi connectivity index (χ3n) is 5.32. The van der Waals surface area contributed by atoms with Crippen LogP contribution in [0.1, 0.15) is 29.6 Å². The summed E-state index contributed by atoms with van der Waals surface area (Å²) < 4.78 is 6.31. The van der Waals surface area contributed by atoms with E-state index in [0.717, 1.165) is 26.2 Å². The fourth-order valence-corrected chi connectivity index (χ4v) is 4.97. The van der Waals surface area contributed by atoms with Crippen LogP contribution in [-0.4, -0.2) is 52.5 Å². The van der Waals surface area contributed by atoms with E-state index in [4.69, 9.17) is 0 Å². The van der Waals surface area contributed by atoms with Gasteiger partial charge in [0.25, 0.3) is 5.56 Å². The number of piperidine rings is 1. The molecule has 2 aromatic rings. The van der Waals surface area contributed by atoms with Crippen LogP contribution in [0.5, 0.6) is 0 Å². The molecule has 6 heteroatoms. The number of aromatic nitrogens is 2. The van der Waals surface area contributed by atoms with E-state index < -0.39 is 0 Å². The number of fused-ring (bicyclic) bond motifs is 4. The number of hydrogen-bond donors (Lipinski definition) is 0. The zero-order valence-electron chi connectivity index (χ0n) is 14.3. The smallest absolute Gasteiger partial charge is 0.251 e. The molecule has 0 N–H and O–H groups in total. The van der Waals surface area contributed by atoms with Crippen molar-refractivity contribution in [3.63, 3.8) is 0 Å². The number of nitrogens with zero attached hydrogens (tertiary/aromatic N) is 4. The molecular weight excluding hydrogens is 320 g/mol. The number of pyridine rings is 1. The molecule has 2 aromatic heterocycles. The Bertz CT molecular complexity index is 755. The second-order valence-electron chi connectivity index (χ2n) is 7.41. The predicted molar refractivity (Wildman–Crippen MR) is 96.5 cm³/mol. The molecule has 2 aliphatic rings. The Labute approximate surface area is 146 Å². The third kappa shape index (κ3) is 2.94. The van der Waals surface area contributed by atoms with Gasteiger partial charge in [0.05, 0.1) is 6.04 Å². The summed E-state index contributed by atoms with van der Waals surface area (Å²) in [5, 5.41) is 2.14. The summed E-state index contributed by atoms with van der Waals surface area (Å²) in [5.41, 5.74) is 2.68. The molecule has 2 aliphatic heterocycles. The van der Waals surface area contributed by atoms with Gasteiger partial charge in [0.1, 0.15) is 0 Å². The van der Waals surface area contributed by atoms with Gasteiger partial charge in [-0.15, -0.1) is 0 Å². The molecule has 0 radical (unpaired) electrons. The minimum atomic E-state index is 0.157. The molecule has 4 rings (SSSR count). The fourth-order valence-electron chi connectivity index (χ4n) is 4.44. The number of hydrogen-bond acceptors (Lipinski definition) is 5. The first-order chi connectivity index (χ1) is 11.6. The van der Waals surface area contributed by atoms with Crippen LogP contribution in [0.4, 0.5) is 0 Å². The molecule has 128 valence electrons. The van der Waals surface area contributed by atoms with Crippen LogP contribution in [0.15, 0.2) is 34.6 Å². The summed E-state index contributed by atoms with van der Waals surface area (Å²) in [6.45, 7) is 3.98. The summed E-state index contributed by atoms with van der Waals surface area (Å²) in [7, 11) is 4.19. The maximum atomic E-state index is 12.5. The second-order valence-corrected chi connectivity index (χ2v) is 8.07. The van der Waals surface area contributed by atoms with Crippen molar-refractivity contribution in [1.82, 2.24) is 18.7 Å². The van der Waals surface area contributed by atoms with Gasteiger partial charge >= 0.3 is 0 Å². The van der Waals surface area contributed by atoms with Crippen LogP contribution in [0.3, 0.4) is 0 Å². The van der Waals surface area contributed by atoms with Crippen molar-refractivity contribution in [2.24, 2.45) is 5.92 Å². The van der Waals surface area contributed by atoms with Crippen molar-refractivity contribution < 1.29 is 0 Å². The molecule has 1 saturated heterocycles. The highest BCUT2D eigenvalue weighted by molar-refractivity contribution is 7.03. The van der Waals surface area contributed by atoms with Crippen molar-refractivity contribution in [3.8, 4) is 0 Å². The van der Waals surface area contributed by atoms with Crippen molar-refractivity contribution >= 4 is 11.5 Å². The number of rotatable bonds is 4. The Morgan fingerprint density at radius 3 is 2.96 bits per heavy atom. The first-order valence-electron chi connectivity index (χ1n) is 8.58.